The average Bonchev–Trinajstić information content (AvgIpc) is 3.15. The number of carbonyl (C=O) groups excluding carboxylic acids is 2. The van der Waals surface area contributed by atoms with Gasteiger partial charge in [0.15, 0.2) is 11.6 Å². The third-order valence-electron chi connectivity index (χ3n) is 6.71. The fourth-order valence-electron chi connectivity index (χ4n) is 4.42. The number of urea groups is 1. The molecule has 45 heavy (non-hydrogen) atoms. The van der Waals surface area contributed by atoms with E-state index in [0.717, 1.165) is 24.2 Å². The maximum atomic E-state index is 14.2. The molecule has 2 atom stereocenters. The van der Waals surface area contributed by atoms with Crippen molar-refractivity contribution in [2.75, 3.05) is 33.4 Å². The highest BCUT2D eigenvalue weighted by atomic mass is 19.1. The lowest BCUT2D eigenvalue weighted by atomic mass is 9.95. The second kappa shape index (κ2) is 23.6. The summed E-state index contributed by atoms with van der Waals surface area (Å²) in [7, 11) is 1.83. The van der Waals surface area contributed by atoms with E-state index >= 15 is 0 Å². The second-order valence-electron chi connectivity index (χ2n) is 10.2. The molecule has 8 heteroatoms. The highest BCUT2D eigenvalue weighted by Gasteiger charge is 2.39. The number of amides is 2. The van der Waals surface area contributed by atoms with Crippen molar-refractivity contribution in [2.24, 2.45) is 0 Å². The zero-order chi connectivity index (χ0) is 34.3. The quantitative estimate of drug-likeness (QED) is 0.171. The van der Waals surface area contributed by atoms with Crippen molar-refractivity contribution < 1.29 is 28.2 Å². The molecule has 1 fully saturated rings. The van der Waals surface area contributed by atoms with Crippen LogP contribution in [0.1, 0.15) is 81.1 Å². The van der Waals surface area contributed by atoms with Gasteiger partial charge in [-0.2, -0.15) is 0 Å². The van der Waals surface area contributed by atoms with Gasteiger partial charge in [0.25, 0.3) is 0 Å². The summed E-state index contributed by atoms with van der Waals surface area (Å²) < 4.78 is 31.3. The van der Waals surface area contributed by atoms with E-state index in [9.17, 15) is 14.0 Å². The topological polar surface area (TPSA) is 68.3 Å². The number of halogens is 1. The molecular weight excluding hydrogens is 571 g/mol. The number of hydrogen-bond acceptors (Lipinski definition) is 5. The number of para-hydroxylation sites is 1. The lowest BCUT2D eigenvalue weighted by Crippen LogP contribution is -2.43. The molecule has 1 heterocycles. The van der Waals surface area contributed by atoms with Gasteiger partial charge in [0, 0.05) is 33.0 Å². The van der Waals surface area contributed by atoms with Crippen LogP contribution in [0.25, 0.3) is 0 Å². The molecule has 2 amide bonds. The zero-order valence-electron chi connectivity index (χ0n) is 29.1. The molecule has 252 valence electrons. The molecule has 0 bridgehead atoms. The smallest absolute Gasteiger partial charge is 0.350 e. The van der Waals surface area contributed by atoms with Gasteiger partial charge in [-0.25, -0.2) is 14.0 Å². The SMILES string of the molecule is C/C=C\CC.C=CC.CC.CCOC(=O)[C@](C)(CC1=CCC=C(OCC[C@H]2CN(CC)C(=O)N2C)C=C1)Oc1ccccc1F. The first-order chi connectivity index (χ1) is 21.6. The van der Waals surface area contributed by atoms with Crippen LogP contribution in [-0.2, 0) is 14.3 Å². The second-order valence-corrected chi connectivity index (χ2v) is 10.2. The Morgan fingerprint density at radius 1 is 1.13 bits per heavy atom. The number of allylic oxidation sites excluding steroid dienone is 7. The molecule has 2 aliphatic rings. The number of benzene rings is 1. The normalized spacial score (nSPS) is 16.8. The summed E-state index contributed by atoms with van der Waals surface area (Å²) in [5, 5.41) is 0. The molecule has 7 nitrogen and oxygen atoms in total. The Morgan fingerprint density at radius 2 is 1.80 bits per heavy atom. The largest absolute Gasteiger partial charge is 0.494 e. The molecule has 0 N–H and O–H groups in total. The van der Waals surface area contributed by atoms with Crippen LogP contribution in [0.4, 0.5) is 9.18 Å². The van der Waals surface area contributed by atoms with Crippen LogP contribution in [0.3, 0.4) is 0 Å². The first kappa shape index (κ1) is 41.2. The van der Waals surface area contributed by atoms with E-state index in [-0.39, 0.29) is 30.9 Å². The van der Waals surface area contributed by atoms with E-state index in [1.807, 2.05) is 70.9 Å². The molecule has 0 radical (unpaired) electrons. The van der Waals surface area contributed by atoms with Gasteiger partial charge in [-0.3, -0.25) is 0 Å². The molecule has 0 unspecified atom stereocenters. The lowest BCUT2D eigenvalue weighted by molar-refractivity contribution is -0.160. The Hall–Kier alpha value is -3.81. The van der Waals surface area contributed by atoms with Crippen LogP contribution in [-0.4, -0.2) is 66.8 Å². The van der Waals surface area contributed by atoms with Gasteiger partial charge in [-0.05, 0) is 77.3 Å². The van der Waals surface area contributed by atoms with Crippen molar-refractivity contribution in [3.05, 3.63) is 90.5 Å². The number of ether oxygens (including phenoxy) is 3. The Morgan fingerprint density at radius 3 is 2.33 bits per heavy atom. The van der Waals surface area contributed by atoms with Crippen molar-refractivity contribution in [2.45, 2.75) is 92.7 Å². The van der Waals surface area contributed by atoms with E-state index in [1.54, 1.807) is 37.0 Å². The summed E-state index contributed by atoms with van der Waals surface area (Å²) in [4.78, 5) is 28.5. The van der Waals surface area contributed by atoms with Gasteiger partial charge in [-0.15, -0.1) is 6.58 Å². The van der Waals surface area contributed by atoms with E-state index in [0.29, 0.717) is 26.1 Å². The number of hydrogen-bond donors (Lipinski definition) is 0. The number of likely N-dealkylation sites (N-methyl/N-ethyl adjacent to an activating group) is 2. The highest BCUT2D eigenvalue weighted by Crippen LogP contribution is 2.30. The molecule has 1 saturated heterocycles. The van der Waals surface area contributed by atoms with Gasteiger partial charge in [0.05, 0.1) is 19.3 Å². The third-order valence-corrected chi connectivity index (χ3v) is 6.71. The van der Waals surface area contributed by atoms with Crippen molar-refractivity contribution in [1.29, 1.82) is 0 Å². The maximum Gasteiger partial charge on any atom is 0.350 e. The summed E-state index contributed by atoms with van der Waals surface area (Å²) >= 11 is 0. The first-order valence-corrected chi connectivity index (χ1v) is 16.1. The highest BCUT2D eigenvalue weighted by molar-refractivity contribution is 5.80. The molecule has 0 spiro atoms. The summed E-state index contributed by atoms with van der Waals surface area (Å²) in [6, 6.07) is 6.19. The number of nitrogens with zero attached hydrogens (tertiary/aromatic N) is 2. The Balaban J connectivity index is 0.00000170. The van der Waals surface area contributed by atoms with Crippen LogP contribution in [0.2, 0.25) is 0 Å². The Labute approximate surface area is 272 Å². The minimum atomic E-state index is -1.40. The molecule has 1 aliphatic heterocycles. The van der Waals surface area contributed by atoms with E-state index < -0.39 is 17.4 Å². The summed E-state index contributed by atoms with van der Waals surface area (Å²) in [5.41, 5.74) is -0.545. The van der Waals surface area contributed by atoms with Crippen LogP contribution >= 0.6 is 0 Å². The molecule has 1 aliphatic carbocycles. The van der Waals surface area contributed by atoms with Crippen molar-refractivity contribution in [1.82, 2.24) is 9.80 Å². The summed E-state index contributed by atoms with van der Waals surface area (Å²) in [5.74, 6) is -0.367. The van der Waals surface area contributed by atoms with Gasteiger partial charge in [-0.1, -0.05) is 63.3 Å². The molecular formula is C37H57FN2O5. The van der Waals surface area contributed by atoms with E-state index in [1.165, 1.54) is 12.1 Å². The molecule has 3 rings (SSSR count). The van der Waals surface area contributed by atoms with Gasteiger partial charge in [0.2, 0.25) is 5.60 Å². The Kier molecular flexibility index (Phi) is 21.6. The van der Waals surface area contributed by atoms with Crippen LogP contribution in [0.15, 0.2) is 84.7 Å². The fraction of sp³-hybridized carbons (Fsp3) is 0.514. The van der Waals surface area contributed by atoms with Crippen LogP contribution in [0, 0.1) is 5.82 Å². The monoisotopic (exact) mass is 628 g/mol. The number of esters is 1. The predicted molar refractivity (Wildman–Crippen MR) is 184 cm³/mol. The third kappa shape index (κ3) is 14.7. The Bertz CT molecular complexity index is 1140. The summed E-state index contributed by atoms with van der Waals surface area (Å²) in [6.45, 7) is 20.8. The average molecular weight is 629 g/mol. The minimum Gasteiger partial charge on any atom is -0.494 e. The molecule has 0 saturated carbocycles. The van der Waals surface area contributed by atoms with Gasteiger partial charge < -0.3 is 24.0 Å². The number of rotatable bonds is 12. The molecule has 1 aromatic carbocycles. The maximum absolute atomic E-state index is 14.2. The molecule has 0 aromatic heterocycles. The van der Waals surface area contributed by atoms with Gasteiger partial charge >= 0.3 is 12.0 Å². The first-order valence-electron chi connectivity index (χ1n) is 16.1. The van der Waals surface area contributed by atoms with Crippen molar-refractivity contribution >= 4 is 12.0 Å². The van der Waals surface area contributed by atoms with Crippen LogP contribution < -0.4 is 4.74 Å². The van der Waals surface area contributed by atoms with Crippen molar-refractivity contribution in [3.8, 4) is 5.75 Å². The minimum absolute atomic E-state index is 0.000373. The van der Waals surface area contributed by atoms with Crippen LogP contribution in [0.5, 0.6) is 5.75 Å². The molecule has 1 aromatic rings. The fourth-order valence-corrected chi connectivity index (χ4v) is 4.42. The number of carbonyl (C=O) groups is 2. The summed E-state index contributed by atoms with van der Waals surface area (Å²) in [6.07, 6.45) is 16.3. The predicted octanol–water partition coefficient (Wildman–Crippen LogP) is 9.04. The zero-order valence-corrected chi connectivity index (χ0v) is 29.1. The standard InChI is InChI=1S/C27H35FN2O5.C5H10.C3H6.C2H6/c1-5-30-19-21(29(4)26(30)32)16-17-34-22-11-9-10-20(14-15-22)18-27(3,25(31)33-6-2)35-24-13-8-7-12-23(24)28;1-3-5-4-2;1-3-2;1-2/h7-8,10-15,21H,5-6,9,16-19H2,1-4H3;3,5H,4H2,1-2H3;3H,1H2,2H3;1-2H3/b;5-3-;;/t21-,27-;;;/m0.../s1. The van der Waals surface area contributed by atoms with Crippen molar-refractivity contribution in [3.63, 3.8) is 0 Å². The van der Waals surface area contributed by atoms with Gasteiger partial charge in [0.1, 0.15) is 5.76 Å². The van der Waals surface area contributed by atoms with E-state index in [2.05, 4.69) is 25.7 Å². The lowest BCUT2D eigenvalue weighted by Gasteiger charge is -2.29. The van der Waals surface area contributed by atoms with E-state index in [4.69, 9.17) is 14.2 Å².